The van der Waals surface area contributed by atoms with Gasteiger partial charge < -0.3 is 19.5 Å². The van der Waals surface area contributed by atoms with Gasteiger partial charge in [0.1, 0.15) is 0 Å². The van der Waals surface area contributed by atoms with Gasteiger partial charge in [-0.15, -0.1) is 0 Å². The van der Waals surface area contributed by atoms with Crippen molar-refractivity contribution in [2.45, 2.75) is 18.9 Å². The number of hydrogen-bond donors (Lipinski definition) is 1. The number of likely N-dealkylation sites (tertiary alicyclic amines) is 1. The highest BCUT2D eigenvalue weighted by Crippen LogP contribution is 2.20. The van der Waals surface area contributed by atoms with Crippen molar-refractivity contribution < 1.29 is 14.0 Å². The van der Waals surface area contributed by atoms with E-state index in [0.29, 0.717) is 22.0 Å². The molecule has 0 atom stereocenters. The van der Waals surface area contributed by atoms with Crippen LogP contribution in [0.15, 0.2) is 45.5 Å². The van der Waals surface area contributed by atoms with Crippen LogP contribution in [0.4, 0.5) is 5.69 Å². The molecule has 138 valence electrons. The molecule has 1 aliphatic rings. The lowest BCUT2D eigenvalue weighted by Gasteiger charge is -2.35. The van der Waals surface area contributed by atoms with E-state index in [1.165, 1.54) is 0 Å². The number of benzene rings is 1. The number of nitrogens with one attached hydrogen (secondary N) is 1. The summed E-state index contributed by atoms with van der Waals surface area (Å²) >= 11 is 3.17. The highest BCUT2D eigenvalue weighted by atomic mass is 79.9. The number of halogens is 1. The first kappa shape index (κ1) is 18.7. The van der Waals surface area contributed by atoms with E-state index in [2.05, 4.69) is 40.2 Å². The molecule has 1 N–H and O–H groups in total. The molecule has 2 amide bonds. The predicted octanol–water partition coefficient (Wildman–Crippen LogP) is 3.46. The maximum absolute atomic E-state index is 12.8. The topological polar surface area (TPSA) is 65.8 Å². The zero-order valence-corrected chi connectivity index (χ0v) is 16.5. The van der Waals surface area contributed by atoms with Gasteiger partial charge in [0.05, 0.1) is 0 Å². The molecule has 0 bridgehead atoms. The summed E-state index contributed by atoms with van der Waals surface area (Å²) in [4.78, 5) is 29.0. The lowest BCUT2D eigenvalue weighted by atomic mass is 10.0. The number of carbonyl (C=O) groups excluding carboxylic acids is 2. The molecule has 2 heterocycles. The molecule has 7 heteroatoms. The van der Waals surface area contributed by atoms with E-state index in [0.717, 1.165) is 25.9 Å². The SMILES string of the molecule is CN(C)C1CCN(C(=O)c2cccc(NC(=O)c3ccc(Br)o3)c2)CC1. The zero-order chi connectivity index (χ0) is 18.7. The summed E-state index contributed by atoms with van der Waals surface area (Å²) in [6.45, 7) is 1.50. The van der Waals surface area contributed by atoms with Gasteiger partial charge in [-0.3, -0.25) is 9.59 Å². The average molecular weight is 420 g/mol. The molecule has 6 nitrogen and oxygen atoms in total. The van der Waals surface area contributed by atoms with Crippen molar-refractivity contribution in [3.05, 3.63) is 52.4 Å². The second-order valence-electron chi connectivity index (χ2n) is 6.63. The Morgan fingerprint density at radius 3 is 2.54 bits per heavy atom. The fraction of sp³-hybridized carbons (Fsp3) is 0.368. The van der Waals surface area contributed by atoms with Crippen LogP contribution >= 0.6 is 15.9 Å². The van der Waals surface area contributed by atoms with Gasteiger partial charge in [0.25, 0.3) is 11.8 Å². The summed E-state index contributed by atoms with van der Waals surface area (Å²) in [5.74, 6) is -0.148. The van der Waals surface area contributed by atoms with Crippen LogP contribution in [0.1, 0.15) is 33.8 Å². The summed E-state index contributed by atoms with van der Waals surface area (Å²) in [5, 5.41) is 2.76. The minimum absolute atomic E-state index is 0.000881. The van der Waals surface area contributed by atoms with Gasteiger partial charge in [0.15, 0.2) is 10.4 Å². The Morgan fingerprint density at radius 1 is 1.19 bits per heavy atom. The van der Waals surface area contributed by atoms with E-state index in [4.69, 9.17) is 4.42 Å². The summed E-state index contributed by atoms with van der Waals surface area (Å²) in [7, 11) is 4.15. The van der Waals surface area contributed by atoms with Crippen LogP contribution in [0, 0.1) is 0 Å². The Kier molecular flexibility index (Phi) is 5.78. The number of carbonyl (C=O) groups is 2. The number of rotatable bonds is 4. The lowest BCUT2D eigenvalue weighted by Crippen LogP contribution is -2.44. The fourth-order valence-corrected chi connectivity index (χ4v) is 3.43. The Bertz CT molecular complexity index is 795. The van der Waals surface area contributed by atoms with E-state index >= 15 is 0 Å². The summed E-state index contributed by atoms with van der Waals surface area (Å²) in [6.07, 6.45) is 1.95. The van der Waals surface area contributed by atoms with Crippen LogP contribution in [0.5, 0.6) is 0 Å². The van der Waals surface area contributed by atoms with Gasteiger partial charge in [0.2, 0.25) is 0 Å². The maximum Gasteiger partial charge on any atom is 0.291 e. The van der Waals surface area contributed by atoms with E-state index in [1.54, 1.807) is 36.4 Å². The van der Waals surface area contributed by atoms with Crippen molar-refractivity contribution in [3.63, 3.8) is 0 Å². The van der Waals surface area contributed by atoms with Crippen molar-refractivity contribution in [3.8, 4) is 0 Å². The molecular formula is C19H22BrN3O3. The smallest absolute Gasteiger partial charge is 0.291 e. The van der Waals surface area contributed by atoms with Crippen molar-refractivity contribution in [2.75, 3.05) is 32.5 Å². The molecular weight excluding hydrogens is 398 g/mol. The van der Waals surface area contributed by atoms with Crippen LogP contribution in [-0.2, 0) is 0 Å². The Labute approximate surface area is 161 Å². The standard InChI is InChI=1S/C19H22BrN3O3/c1-22(2)15-8-10-23(11-9-15)19(25)13-4-3-5-14(12-13)21-18(24)16-6-7-17(20)26-16/h3-7,12,15H,8-11H2,1-2H3,(H,21,24). The van der Waals surface area contributed by atoms with Crippen molar-refractivity contribution in [1.29, 1.82) is 0 Å². The number of anilines is 1. The number of amides is 2. The molecule has 1 saturated heterocycles. The second-order valence-corrected chi connectivity index (χ2v) is 7.41. The molecule has 0 unspecified atom stereocenters. The highest BCUT2D eigenvalue weighted by molar-refractivity contribution is 9.10. The monoisotopic (exact) mass is 419 g/mol. The molecule has 1 aliphatic heterocycles. The minimum Gasteiger partial charge on any atom is -0.444 e. The van der Waals surface area contributed by atoms with E-state index in [9.17, 15) is 9.59 Å². The first-order valence-corrected chi connectivity index (χ1v) is 9.36. The fourth-order valence-electron chi connectivity index (χ4n) is 3.13. The van der Waals surface area contributed by atoms with Gasteiger partial charge in [-0.2, -0.15) is 0 Å². The summed E-state index contributed by atoms with van der Waals surface area (Å²) < 4.78 is 5.74. The first-order valence-electron chi connectivity index (χ1n) is 8.56. The third-order valence-corrected chi connectivity index (χ3v) is 5.07. The van der Waals surface area contributed by atoms with Gasteiger partial charge in [-0.1, -0.05) is 6.07 Å². The molecule has 3 rings (SSSR count). The van der Waals surface area contributed by atoms with Gasteiger partial charge in [0, 0.05) is 30.4 Å². The normalized spacial score (nSPS) is 15.3. The zero-order valence-electron chi connectivity index (χ0n) is 14.9. The molecule has 1 fully saturated rings. The quantitative estimate of drug-likeness (QED) is 0.823. The van der Waals surface area contributed by atoms with E-state index in [-0.39, 0.29) is 17.6 Å². The molecule has 0 radical (unpaired) electrons. The van der Waals surface area contributed by atoms with Crippen LogP contribution in [-0.4, -0.2) is 54.8 Å². The average Bonchev–Trinajstić information content (AvgIpc) is 3.08. The van der Waals surface area contributed by atoms with E-state index in [1.807, 2.05) is 4.90 Å². The minimum atomic E-state index is -0.355. The van der Waals surface area contributed by atoms with Crippen LogP contribution < -0.4 is 5.32 Å². The molecule has 1 aromatic carbocycles. The van der Waals surface area contributed by atoms with Gasteiger partial charge >= 0.3 is 0 Å². The van der Waals surface area contributed by atoms with Crippen LogP contribution in [0.25, 0.3) is 0 Å². The Balaban J connectivity index is 1.65. The van der Waals surface area contributed by atoms with Gasteiger partial charge in [-0.25, -0.2) is 0 Å². The molecule has 0 saturated carbocycles. The van der Waals surface area contributed by atoms with Crippen molar-refractivity contribution in [2.24, 2.45) is 0 Å². The Hall–Kier alpha value is -2.12. The number of piperidine rings is 1. The predicted molar refractivity (Wildman–Crippen MR) is 103 cm³/mol. The number of hydrogen-bond acceptors (Lipinski definition) is 4. The summed E-state index contributed by atoms with van der Waals surface area (Å²) in [5.41, 5.74) is 1.14. The largest absolute Gasteiger partial charge is 0.444 e. The maximum atomic E-state index is 12.8. The first-order chi connectivity index (χ1) is 12.4. The lowest BCUT2D eigenvalue weighted by molar-refractivity contribution is 0.0663. The molecule has 2 aromatic rings. The third kappa shape index (κ3) is 4.34. The third-order valence-electron chi connectivity index (χ3n) is 4.65. The molecule has 0 aliphatic carbocycles. The number of nitrogens with zero attached hydrogens (tertiary/aromatic N) is 2. The van der Waals surface area contributed by atoms with Crippen LogP contribution in [0.2, 0.25) is 0 Å². The summed E-state index contributed by atoms with van der Waals surface area (Å²) in [6, 6.07) is 10.8. The highest BCUT2D eigenvalue weighted by Gasteiger charge is 2.24. The molecule has 26 heavy (non-hydrogen) atoms. The molecule has 0 spiro atoms. The van der Waals surface area contributed by atoms with Gasteiger partial charge in [-0.05, 0) is 73.2 Å². The van der Waals surface area contributed by atoms with Crippen LogP contribution in [0.3, 0.4) is 0 Å². The van der Waals surface area contributed by atoms with Crippen molar-refractivity contribution in [1.82, 2.24) is 9.80 Å². The Morgan fingerprint density at radius 2 is 1.92 bits per heavy atom. The number of furan rings is 1. The second kappa shape index (κ2) is 8.05. The van der Waals surface area contributed by atoms with Crippen molar-refractivity contribution >= 4 is 33.4 Å². The molecule has 1 aromatic heterocycles. The van der Waals surface area contributed by atoms with E-state index < -0.39 is 0 Å².